The number of anilines is 1. The van der Waals surface area contributed by atoms with Gasteiger partial charge in [0.25, 0.3) is 0 Å². The summed E-state index contributed by atoms with van der Waals surface area (Å²) in [5.41, 5.74) is 5.69. The van der Waals surface area contributed by atoms with Crippen molar-refractivity contribution in [1.82, 2.24) is 14.9 Å². The number of para-hydroxylation sites is 2. The zero-order chi connectivity index (χ0) is 28.5. The molecule has 7 nitrogen and oxygen atoms in total. The molecule has 1 aliphatic heterocycles. The summed E-state index contributed by atoms with van der Waals surface area (Å²) in [4.78, 5) is 6.82. The van der Waals surface area contributed by atoms with Crippen LogP contribution >= 0.6 is 12.2 Å². The molecular weight excluding hydrogens is 532 g/mol. The Morgan fingerprint density at radius 2 is 1.51 bits per heavy atom. The average Bonchev–Trinajstić information content (AvgIpc) is 3.49. The summed E-state index contributed by atoms with van der Waals surface area (Å²) in [5.74, 6) is 2.44. The molecule has 0 saturated carbocycles. The van der Waals surface area contributed by atoms with Gasteiger partial charge < -0.3 is 29.4 Å². The van der Waals surface area contributed by atoms with Gasteiger partial charge in [0.05, 0.1) is 30.6 Å². The van der Waals surface area contributed by atoms with Crippen LogP contribution in [-0.2, 0) is 0 Å². The lowest BCUT2D eigenvalue weighted by atomic mass is 9.96. The number of hydrogen-bond donors (Lipinski definition) is 2. The van der Waals surface area contributed by atoms with E-state index in [4.69, 9.17) is 21.7 Å². The van der Waals surface area contributed by atoms with Gasteiger partial charge in [-0.25, -0.2) is 0 Å². The summed E-state index contributed by atoms with van der Waals surface area (Å²) in [6, 6.07) is 30.5. The van der Waals surface area contributed by atoms with Crippen LogP contribution in [0.5, 0.6) is 23.0 Å². The van der Waals surface area contributed by atoms with E-state index in [-0.39, 0.29) is 17.8 Å². The fourth-order valence-corrected chi connectivity index (χ4v) is 5.86. The lowest BCUT2D eigenvalue weighted by molar-refractivity contribution is 0.413. The van der Waals surface area contributed by atoms with Gasteiger partial charge in [-0.15, -0.1) is 0 Å². The average molecular weight is 563 g/mol. The summed E-state index contributed by atoms with van der Waals surface area (Å²) in [6.45, 7) is 4.13. The van der Waals surface area contributed by atoms with Gasteiger partial charge in [-0.1, -0.05) is 18.2 Å². The van der Waals surface area contributed by atoms with Crippen molar-refractivity contribution in [3.05, 3.63) is 126 Å². The monoisotopic (exact) mass is 562 g/mol. The van der Waals surface area contributed by atoms with E-state index in [1.807, 2.05) is 84.9 Å². The highest BCUT2D eigenvalue weighted by molar-refractivity contribution is 7.80. The Hall–Kier alpha value is -4.82. The number of pyridine rings is 1. The molecule has 2 unspecified atom stereocenters. The molecule has 6 rings (SSSR count). The number of benzene rings is 3. The van der Waals surface area contributed by atoms with Crippen LogP contribution in [0.25, 0.3) is 5.69 Å². The van der Waals surface area contributed by atoms with Crippen molar-refractivity contribution in [3.63, 3.8) is 0 Å². The molecule has 2 atom stereocenters. The van der Waals surface area contributed by atoms with E-state index in [2.05, 4.69) is 39.7 Å². The number of thiocarbonyl (C=S) groups is 1. The molecule has 206 valence electrons. The summed E-state index contributed by atoms with van der Waals surface area (Å²) < 4.78 is 13.4. The first kappa shape index (κ1) is 26.4. The molecule has 2 aromatic heterocycles. The summed E-state index contributed by atoms with van der Waals surface area (Å²) in [6.07, 6.45) is 1.80. The Morgan fingerprint density at radius 3 is 2.17 bits per heavy atom. The topological polar surface area (TPSA) is 71.8 Å². The van der Waals surface area contributed by atoms with Gasteiger partial charge in [0, 0.05) is 23.3 Å². The fourth-order valence-electron chi connectivity index (χ4n) is 5.51. The number of nitrogens with zero attached hydrogens (tertiary/aromatic N) is 3. The molecule has 0 spiro atoms. The van der Waals surface area contributed by atoms with Crippen LogP contribution in [0.2, 0.25) is 0 Å². The van der Waals surface area contributed by atoms with Crippen LogP contribution in [0, 0.1) is 13.8 Å². The molecule has 8 heteroatoms. The highest BCUT2D eigenvalue weighted by Crippen LogP contribution is 2.44. The molecule has 3 aromatic carbocycles. The maximum atomic E-state index is 10.7. The Kier molecular flexibility index (Phi) is 7.07. The van der Waals surface area contributed by atoms with Crippen molar-refractivity contribution in [2.45, 2.75) is 25.9 Å². The van der Waals surface area contributed by atoms with Crippen molar-refractivity contribution in [2.24, 2.45) is 0 Å². The molecule has 5 aromatic rings. The Bertz CT molecular complexity index is 1680. The zero-order valence-electron chi connectivity index (χ0n) is 23.0. The smallest absolute Gasteiger partial charge is 0.174 e. The molecule has 0 bridgehead atoms. The summed E-state index contributed by atoms with van der Waals surface area (Å²) in [5, 5.41) is 14.8. The van der Waals surface area contributed by atoms with E-state index >= 15 is 0 Å². The first-order valence-electron chi connectivity index (χ1n) is 13.3. The normalized spacial score (nSPS) is 16.5. The van der Waals surface area contributed by atoms with Crippen LogP contribution in [0.15, 0.2) is 103 Å². The molecule has 0 aliphatic carbocycles. The molecule has 1 saturated heterocycles. The molecule has 1 fully saturated rings. The van der Waals surface area contributed by atoms with Crippen LogP contribution in [0.4, 0.5) is 5.69 Å². The number of nitrogens with one attached hydrogen (secondary N) is 1. The maximum absolute atomic E-state index is 10.7. The highest BCUT2D eigenvalue weighted by Gasteiger charge is 2.42. The predicted octanol–water partition coefficient (Wildman–Crippen LogP) is 7.17. The largest absolute Gasteiger partial charge is 0.506 e. The number of phenols is 1. The van der Waals surface area contributed by atoms with Gasteiger partial charge in [0.2, 0.25) is 0 Å². The van der Waals surface area contributed by atoms with Crippen LogP contribution in [-0.4, -0.2) is 26.9 Å². The number of phenolic OH excluding ortho intramolecular Hbond substituents is 1. The lowest BCUT2D eigenvalue weighted by Gasteiger charge is -2.28. The number of methoxy groups -OCH3 is 1. The minimum atomic E-state index is -0.184. The Balaban J connectivity index is 1.39. The quantitative estimate of drug-likeness (QED) is 0.204. The molecule has 3 heterocycles. The molecular formula is C33H30N4O3S. The maximum Gasteiger partial charge on any atom is 0.174 e. The van der Waals surface area contributed by atoms with Gasteiger partial charge in [0.1, 0.15) is 23.0 Å². The molecule has 1 aliphatic rings. The molecule has 2 N–H and O–H groups in total. The SMILES string of the molecule is COc1ccc(Oc2ccc(N3C(=S)NC(c4ccccn4)C3c3cc(C)n(-c4ccccc4O)c3C)cc2)cc1. The van der Waals surface area contributed by atoms with Gasteiger partial charge in [0.15, 0.2) is 5.11 Å². The summed E-state index contributed by atoms with van der Waals surface area (Å²) in [7, 11) is 1.64. The number of aryl methyl sites for hydroxylation is 1. The molecule has 0 radical (unpaired) electrons. The number of ether oxygens (including phenoxy) is 2. The van der Waals surface area contributed by atoms with E-state index in [0.717, 1.165) is 45.5 Å². The van der Waals surface area contributed by atoms with Gasteiger partial charge in [-0.05, 0) is 110 Å². The molecule has 41 heavy (non-hydrogen) atoms. The standard InChI is InChI=1S/C33H30N4O3S/c1-21-20-27(22(2)36(21)29-9-4-5-10-30(29)38)32-31(28-8-6-7-19-34-28)35-33(41)37(32)23-11-13-25(14-12-23)40-26-17-15-24(39-3)16-18-26/h4-20,31-32,38H,1-3H3,(H,35,41). The van der Waals surface area contributed by atoms with Crippen molar-refractivity contribution in [3.8, 4) is 28.7 Å². The Labute approximate surface area is 244 Å². The first-order chi connectivity index (χ1) is 19.9. The number of hydrogen-bond acceptors (Lipinski definition) is 5. The van der Waals surface area contributed by atoms with Crippen molar-refractivity contribution >= 4 is 23.0 Å². The first-order valence-corrected chi connectivity index (χ1v) is 13.8. The second-order valence-electron chi connectivity index (χ2n) is 9.92. The van der Waals surface area contributed by atoms with Crippen LogP contribution in [0.1, 0.15) is 34.7 Å². The third-order valence-corrected chi connectivity index (χ3v) is 7.73. The second-order valence-corrected chi connectivity index (χ2v) is 10.3. The third-order valence-electron chi connectivity index (χ3n) is 7.42. The predicted molar refractivity (Wildman–Crippen MR) is 164 cm³/mol. The molecule has 0 amide bonds. The zero-order valence-corrected chi connectivity index (χ0v) is 23.8. The van der Waals surface area contributed by atoms with Crippen LogP contribution < -0.4 is 19.7 Å². The second kappa shape index (κ2) is 11.0. The van der Waals surface area contributed by atoms with Crippen LogP contribution in [0.3, 0.4) is 0 Å². The van der Waals surface area contributed by atoms with Gasteiger partial charge >= 0.3 is 0 Å². The minimum absolute atomic E-state index is 0.183. The van der Waals surface area contributed by atoms with E-state index in [1.54, 1.807) is 19.4 Å². The van der Waals surface area contributed by atoms with Gasteiger partial charge in [-0.2, -0.15) is 0 Å². The third kappa shape index (κ3) is 4.98. The van der Waals surface area contributed by atoms with Gasteiger partial charge in [-0.3, -0.25) is 4.98 Å². The van der Waals surface area contributed by atoms with E-state index < -0.39 is 0 Å². The Morgan fingerprint density at radius 1 is 0.854 bits per heavy atom. The number of aromatic nitrogens is 2. The summed E-state index contributed by atoms with van der Waals surface area (Å²) >= 11 is 5.93. The lowest BCUT2D eigenvalue weighted by Crippen LogP contribution is -2.29. The van der Waals surface area contributed by atoms with E-state index in [0.29, 0.717) is 10.9 Å². The van der Waals surface area contributed by atoms with E-state index in [1.165, 1.54) is 0 Å². The number of aromatic hydroxyl groups is 1. The highest BCUT2D eigenvalue weighted by atomic mass is 32.1. The van der Waals surface area contributed by atoms with Crippen molar-refractivity contribution < 1.29 is 14.6 Å². The minimum Gasteiger partial charge on any atom is -0.506 e. The van der Waals surface area contributed by atoms with E-state index in [9.17, 15) is 5.11 Å². The van der Waals surface area contributed by atoms with Crippen molar-refractivity contribution in [1.29, 1.82) is 0 Å². The fraction of sp³-hybridized carbons (Fsp3) is 0.152. The number of rotatable bonds is 7. The van der Waals surface area contributed by atoms with Crippen molar-refractivity contribution in [2.75, 3.05) is 12.0 Å².